The zero-order valence-electron chi connectivity index (χ0n) is 16.5. The highest BCUT2D eigenvalue weighted by Crippen LogP contribution is 2.47. The summed E-state index contributed by atoms with van der Waals surface area (Å²) in [4.78, 5) is 20.3. The molecule has 0 spiro atoms. The molecule has 0 aliphatic carbocycles. The lowest BCUT2D eigenvalue weighted by Crippen LogP contribution is -2.64. The molecule has 0 unspecified atom stereocenters. The van der Waals surface area contributed by atoms with E-state index in [0.29, 0.717) is 5.92 Å². The van der Waals surface area contributed by atoms with Crippen molar-refractivity contribution >= 4 is 5.91 Å². The van der Waals surface area contributed by atoms with E-state index >= 15 is 0 Å². The Bertz CT molecular complexity index is 654. The maximum Gasteiger partial charge on any atom is 0.256 e. The molecule has 1 aliphatic heterocycles. The third-order valence-electron chi connectivity index (χ3n) is 5.94. The number of aromatic nitrogens is 1. The van der Waals surface area contributed by atoms with Crippen LogP contribution in [0.2, 0.25) is 0 Å². The molecule has 0 fully saturated rings. The Morgan fingerprint density at radius 3 is 1.96 bits per heavy atom. The van der Waals surface area contributed by atoms with Crippen LogP contribution in [0.3, 0.4) is 0 Å². The largest absolute Gasteiger partial charge is 0.330 e. The second kappa shape index (κ2) is 5.32. The molecule has 0 N–H and O–H groups in total. The van der Waals surface area contributed by atoms with Crippen LogP contribution >= 0.6 is 0 Å². The van der Waals surface area contributed by atoms with E-state index in [2.05, 4.69) is 69.2 Å². The molecule has 0 saturated heterocycles. The van der Waals surface area contributed by atoms with Crippen molar-refractivity contribution in [2.45, 2.75) is 92.2 Å². The molecule has 0 saturated carbocycles. The number of aryl methyl sites for hydroxylation is 1. The minimum atomic E-state index is -0.281. The van der Waals surface area contributed by atoms with Crippen molar-refractivity contribution in [2.24, 2.45) is 0 Å². The van der Waals surface area contributed by atoms with Gasteiger partial charge in [0, 0.05) is 22.7 Å². The maximum atomic E-state index is 13.4. The van der Waals surface area contributed by atoms with Crippen LogP contribution < -0.4 is 0 Å². The van der Waals surface area contributed by atoms with E-state index in [1.807, 2.05) is 4.90 Å². The number of rotatable bonds is 2. The Balaban J connectivity index is 2.89. The zero-order valence-corrected chi connectivity index (χ0v) is 16.5. The van der Waals surface area contributed by atoms with Crippen LogP contribution in [-0.4, -0.2) is 27.4 Å². The van der Waals surface area contributed by atoms with Gasteiger partial charge in [-0.3, -0.25) is 9.78 Å². The molecule has 1 aromatic rings. The Morgan fingerprint density at radius 2 is 1.52 bits per heavy atom. The lowest BCUT2D eigenvalue weighted by Gasteiger charge is -2.55. The summed E-state index contributed by atoms with van der Waals surface area (Å²) in [5.41, 5.74) is 4.70. The molecule has 0 bridgehead atoms. The maximum absolute atomic E-state index is 13.4. The van der Waals surface area contributed by atoms with Gasteiger partial charge in [0.1, 0.15) is 0 Å². The monoisotopic (exact) mass is 316 g/mol. The van der Waals surface area contributed by atoms with E-state index in [4.69, 9.17) is 4.98 Å². The molecular formula is C20H32N2O. The fraction of sp³-hybridized carbons (Fsp3) is 0.700. The van der Waals surface area contributed by atoms with Gasteiger partial charge >= 0.3 is 0 Å². The molecule has 3 heteroatoms. The first-order valence-electron chi connectivity index (χ1n) is 8.70. The zero-order chi connectivity index (χ0) is 17.9. The third kappa shape index (κ3) is 2.31. The third-order valence-corrected chi connectivity index (χ3v) is 5.94. The number of nitrogens with zero attached hydrogens (tertiary/aromatic N) is 2. The van der Waals surface area contributed by atoms with Gasteiger partial charge in [-0.2, -0.15) is 0 Å². The number of pyridine rings is 1. The van der Waals surface area contributed by atoms with E-state index in [-0.39, 0.29) is 22.9 Å². The second-order valence-electron chi connectivity index (χ2n) is 8.57. The van der Waals surface area contributed by atoms with Crippen LogP contribution in [0, 0.1) is 13.8 Å². The van der Waals surface area contributed by atoms with Crippen molar-refractivity contribution in [3.63, 3.8) is 0 Å². The van der Waals surface area contributed by atoms with Crippen LogP contribution in [0.25, 0.3) is 0 Å². The van der Waals surface area contributed by atoms with Crippen molar-refractivity contribution in [2.75, 3.05) is 0 Å². The molecule has 2 heterocycles. The molecule has 128 valence electrons. The standard InChI is InChI=1S/C20H32N2O/c1-11(2)15-13(5)16-17(21-14(15)6)19(7,8)20(9,10)22(12(3)4)18(16)23/h11-12H,1-10H3. The number of amides is 1. The van der Waals surface area contributed by atoms with E-state index in [0.717, 1.165) is 22.5 Å². The van der Waals surface area contributed by atoms with E-state index in [1.54, 1.807) is 0 Å². The fourth-order valence-electron chi connectivity index (χ4n) is 4.28. The van der Waals surface area contributed by atoms with Crippen molar-refractivity contribution in [3.8, 4) is 0 Å². The molecule has 0 radical (unpaired) electrons. The number of carbonyl (C=O) groups excluding carboxylic acids is 1. The highest BCUT2D eigenvalue weighted by Gasteiger charge is 2.53. The van der Waals surface area contributed by atoms with Crippen molar-refractivity contribution < 1.29 is 4.79 Å². The summed E-state index contributed by atoms with van der Waals surface area (Å²) in [7, 11) is 0. The first-order chi connectivity index (χ1) is 10.4. The summed E-state index contributed by atoms with van der Waals surface area (Å²) in [6, 6.07) is 0.160. The van der Waals surface area contributed by atoms with Gasteiger partial charge in [0.15, 0.2) is 0 Å². The smallest absolute Gasteiger partial charge is 0.256 e. The average Bonchev–Trinajstić information content (AvgIpc) is 2.34. The molecule has 2 rings (SSSR count). The van der Waals surface area contributed by atoms with Gasteiger partial charge in [-0.05, 0) is 58.6 Å². The van der Waals surface area contributed by atoms with Crippen LogP contribution in [0.5, 0.6) is 0 Å². The molecule has 1 aliphatic rings. The minimum absolute atomic E-state index is 0.131. The summed E-state index contributed by atoms with van der Waals surface area (Å²) >= 11 is 0. The molecule has 0 aromatic carbocycles. The highest BCUT2D eigenvalue weighted by atomic mass is 16.2. The topological polar surface area (TPSA) is 33.2 Å². The molecule has 0 atom stereocenters. The number of hydrogen-bond donors (Lipinski definition) is 0. The number of carbonyl (C=O) groups is 1. The summed E-state index contributed by atoms with van der Waals surface area (Å²) in [5.74, 6) is 0.498. The predicted octanol–water partition coefficient (Wildman–Crippen LogP) is 4.74. The Labute approximate surface area is 141 Å². The Hall–Kier alpha value is -1.38. The molecule has 1 amide bonds. The first kappa shape index (κ1) is 18.0. The van der Waals surface area contributed by atoms with E-state index < -0.39 is 0 Å². The summed E-state index contributed by atoms with van der Waals surface area (Å²) in [6.07, 6.45) is 0. The average molecular weight is 316 g/mol. The van der Waals surface area contributed by atoms with Crippen molar-refractivity contribution in [3.05, 3.63) is 28.1 Å². The minimum Gasteiger partial charge on any atom is -0.330 e. The molecule has 23 heavy (non-hydrogen) atoms. The van der Waals surface area contributed by atoms with Crippen molar-refractivity contribution in [1.29, 1.82) is 0 Å². The van der Waals surface area contributed by atoms with Gasteiger partial charge in [0.25, 0.3) is 5.91 Å². The van der Waals surface area contributed by atoms with Crippen LogP contribution in [0.15, 0.2) is 0 Å². The van der Waals surface area contributed by atoms with Gasteiger partial charge in [0.05, 0.1) is 11.3 Å². The lowest BCUT2D eigenvalue weighted by molar-refractivity contribution is 0.0125. The lowest BCUT2D eigenvalue weighted by atomic mass is 9.65. The van der Waals surface area contributed by atoms with Crippen LogP contribution in [0.4, 0.5) is 0 Å². The highest BCUT2D eigenvalue weighted by molar-refractivity contribution is 5.99. The molecular weight excluding hydrogens is 284 g/mol. The van der Waals surface area contributed by atoms with Gasteiger partial charge in [-0.1, -0.05) is 27.7 Å². The first-order valence-corrected chi connectivity index (χ1v) is 8.70. The normalized spacial score (nSPS) is 19.5. The van der Waals surface area contributed by atoms with E-state index in [9.17, 15) is 4.79 Å². The summed E-state index contributed by atoms with van der Waals surface area (Å²) in [6.45, 7) is 21.5. The van der Waals surface area contributed by atoms with Gasteiger partial charge in [0.2, 0.25) is 0 Å². The molecule has 1 aromatic heterocycles. The summed E-state index contributed by atoms with van der Waals surface area (Å²) < 4.78 is 0. The predicted molar refractivity (Wildman–Crippen MR) is 96.2 cm³/mol. The Morgan fingerprint density at radius 1 is 1.00 bits per heavy atom. The number of hydrogen-bond acceptors (Lipinski definition) is 2. The fourth-order valence-corrected chi connectivity index (χ4v) is 4.28. The van der Waals surface area contributed by atoms with Crippen LogP contribution in [-0.2, 0) is 5.41 Å². The quantitative estimate of drug-likeness (QED) is 0.789. The van der Waals surface area contributed by atoms with Gasteiger partial charge in [-0.15, -0.1) is 0 Å². The van der Waals surface area contributed by atoms with Crippen molar-refractivity contribution in [1.82, 2.24) is 9.88 Å². The van der Waals surface area contributed by atoms with Gasteiger partial charge in [-0.25, -0.2) is 0 Å². The van der Waals surface area contributed by atoms with E-state index in [1.165, 1.54) is 5.56 Å². The van der Waals surface area contributed by atoms with Crippen LogP contribution in [0.1, 0.15) is 94.2 Å². The Kier molecular flexibility index (Phi) is 4.16. The molecule has 3 nitrogen and oxygen atoms in total. The SMILES string of the molecule is Cc1nc2c(c(C)c1C(C)C)C(=O)N(C(C)C)C(C)(C)C2(C)C. The van der Waals surface area contributed by atoms with Gasteiger partial charge < -0.3 is 4.90 Å². The number of fused-ring (bicyclic) bond motifs is 1. The summed E-state index contributed by atoms with van der Waals surface area (Å²) in [5, 5.41) is 0. The second-order valence-corrected chi connectivity index (χ2v) is 8.57.